The van der Waals surface area contributed by atoms with Crippen molar-refractivity contribution in [1.82, 2.24) is 0 Å². The maximum atomic E-state index is 12.5. The lowest BCUT2D eigenvalue weighted by Crippen LogP contribution is -2.04. The number of nitrogens with two attached hydrogens (primary N) is 1. The van der Waals surface area contributed by atoms with Gasteiger partial charge in [-0.05, 0) is 30.7 Å². The highest BCUT2D eigenvalue weighted by Crippen LogP contribution is 2.30. The van der Waals surface area contributed by atoms with Crippen molar-refractivity contribution in [3.63, 3.8) is 0 Å². The molecule has 0 aliphatic rings. The maximum Gasteiger partial charge on any atom is 0.0617 e. The first kappa shape index (κ1) is 13.1. The third kappa shape index (κ3) is 2.74. The molecule has 2 rings (SSSR count). The molecular weight excluding hydrogens is 266 g/mol. The van der Waals surface area contributed by atoms with Crippen molar-refractivity contribution < 1.29 is 4.21 Å². The van der Waals surface area contributed by atoms with Crippen LogP contribution in [-0.2, 0) is 10.8 Å². The number of benzene rings is 2. The quantitative estimate of drug-likeness (QED) is 0.869. The molecule has 2 nitrogen and oxygen atoms in total. The largest absolute Gasteiger partial charge is 0.399 e. The van der Waals surface area contributed by atoms with Gasteiger partial charge in [0.15, 0.2) is 0 Å². The predicted octanol–water partition coefficient (Wildman–Crippen LogP) is 3.79. The Labute approximate surface area is 114 Å². The van der Waals surface area contributed by atoms with E-state index in [9.17, 15) is 4.21 Å². The van der Waals surface area contributed by atoms with E-state index in [1.807, 2.05) is 37.3 Å². The lowest BCUT2D eigenvalue weighted by molar-refractivity contribution is 0.676. The third-order valence-electron chi connectivity index (χ3n) is 2.76. The van der Waals surface area contributed by atoms with E-state index < -0.39 is 10.8 Å². The van der Waals surface area contributed by atoms with Crippen molar-refractivity contribution >= 4 is 28.1 Å². The Bertz CT molecular complexity index is 571. The van der Waals surface area contributed by atoms with Crippen LogP contribution in [0.3, 0.4) is 0 Å². The Hall–Kier alpha value is -1.32. The number of halogens is 1. The molecule has 2 aromatic carbocycles. The molecule has 2 atom stereocenters. The zero-order chi connectivity index (χ0) is 13.1. The van der Waals surface area contributed by atoms with Crippen LogP contribution in [0.2, 0.25) is 5.02 Å². The summed E-state index contributed by atoms with van der Waals surface area (Å²) in [6, 6.07) is 14.8. The fourth-order valence-corrected chi connectivity index (χ4v) is 3.37. The van der Waals surface area contributed by atoms with Crippen LogP contribution >= 0.6 is 11.6 Å². The Kier molecular flexibility index (Phi) is 4.04. The fourth-order valence-electron chi connectivity index (χ4n) is 1.72. The molecule has 2 aromatic rings. The van der Waals surface area contributed by atoms with E-state index in [0.717, 1.165) is 5.56 Å². The zero-order valence-corrected chi connectivity index (χ0v) is 11.5. The van der Waals surface area contributed by atoms with E-state index in [0.29, 0.717) is 15.6 Å². The topological polar surface area (TPSA) is 43.1 Å². The summed E-state index contributed by atoms with van der Waals surface area (Å²) in [5.74, 6) is 0. The normalized spacial score (nSPS) is 14.1. The second kappa shape index (κ2) is 5.55. The van der Waals surface area contributed by atoms with Crippen LogP contribution in [0.5, 0.6) is 0 Å². The standard InChI is InChI=1S/C14H14ClNOS/c1-10(11-5-3-2-4-6-11)18(17)14-8-7-12(16)9-13(14)15/h2-10H,16H2,1H3. The van der Waals surface area contributed by atoms with Gasteiger partial charge in [0.25, 0.3) is 0 Å². The van der Waals surface area contributed by atoms with Gasteiger partial charge in [0.2, 0.25) is 0 Å². The van der Waals surface area contributed by atoms with Crippen molar-refractivity contribution in [3.8, 4) is 0 Å². The summed E-state index contributed by atoms with van der Waals surface area (Å²) < 4.78 is 12.5. The minimum absolute atomic E-state index is 0.104. The minimum Gasteiger partial charge on any atom is -0.399 e. The summed E-state index contributed by atoms with van der Waals surface area (Å²) in [6.07, 6.45) is 0. The van der Waals surface area contributed by atoms with Gasteiger partial charge in [-0.1, -0.05) is 41.9 Å². The average Bonchev–Trinajstić information content (AvgIpc) is 2.38. The highest BCUT2D eigenvalue weighted by molar-refractivity contribution is 7.85. The van der Waals surface area contributed by atoms with E-state index in [1.54, 1.807) is 18.2 Å². The van der Waals surface area contributed by atoms with Gasteiger partial charge < -0.3 is 5.73 Å². The van der Waals surface area contributed by atoms with Gasteiger partial charge in [-0.25, -0.2) is 0 Å². The molecule has 0 radical (unpaired) electrons. The lowest BCUT2D eigenvalue weighted by Gasteiger charge is -2.13. The Morgan fingerprint density at radius 2 is 1.83 bits per heavy atom. The van der Waals surface area contributed by atoms with Crippen molar-refractivity contribution in [2.75, 3.05) is 5.73 Å². The second-order valence-electron chi connectivity index (χ2n) is 4.04. The highest BCUT2D eigenvalue weighted by Gasteiger charge is 2.17. The van der Waals surface area contributed by atoms with E-state index in [-0.39, 0.29) is 5.25 Å². The van der Waals surface area contributed by atoms with Gasteiger partial charge in [0, 0.05) is 5.69 Å². The number of hydrogen-bond donors (Lipinski definition) is 1. The van der Waals surface area contributed by atoms with Crippen LogP contribution in [0.25, 0.3) is 0 Å². The maximum absolute atomic E-state index is 12.5. The van der Waals surface area contributed by atoms with E-state index in [2.05, 4.69) is 0 Å². The van der Waals surface area contributed by atoms with Gasteiger partial charge >= 0.3 is 0 Å². The molecular formula is C14H14ClNOS. The first-order valence-corrected chi connectivity index (χ1v) is 7.19. The first-order chi connectivity index (χ1) is 8.59. The molecule has 94 valence electrons. The molecule has 0 aromatic heterocycles. The molecule has 4 heteroatoms. The second-order valence-corrected chi connectivity index (χ2v) is 6.19. The van der Waals surface area contributed by atoms with Crippen LogP contribution in [0.4, 0.5) is 5.69 Å². The molecule has 0 saturated carbocycles. The highest BCUT2D eigenvalue weighted by atomic mass is 35.5. The van der Waals surface area contributed by atoms with Gasteiger partial charge in [0.1, 0.15) is 0 Å². The molecule has 0 fully saturated rings. The van der Waals surface area contributed by atoms with Crippen LogP contribution in [-0.4, -0.2) is 4.21 Å². The van der Waals surface area contributed by atoms with Crippen LogP contribution < -0.4 is 5.73 Å². The van der Waals surface area contributed by atoms with Crippen LogP contribution in [0.15, 0.2) is 53.4 Å². The molecule has 18 heavy (non-hydrogen) atoms. The number of hydrogen-bond acceptors (Lipinski definition) is 2. The van der Waals surface area contributed by atoms with E-state index in [1.165, 1.54) is 0 Å². The van der Waals surface area contributed by atoms with Gasteiger partial charge in [-0.15, -0.1) is 0 Å². The van der Waals surface area contributed by atoms with Gasteiger partial charge in [-0.2, -0.15) is 0 Å². The Balaban J connectivity index is 2.32. The van der Waals surface area contributed by atoms with Crippen molar-refractivity contribution in [2.24, 2.45) is 0 Å². The van der Waals surface area contributed by atoms with Crippen molar-refractivity contribution in [2.45, 2.75) is 17.1 Å². The van der Waals surface area contributed by atoms with Crippen molar-refractivity contribution in [3.05, 3.63) is 59.1 Å². The van der Waals surface area contributed by atoms with E-state index >= 15 is 0 Å². The molecule has 0 saturated heterocycles. The van der Waals surface area contributed by atoms with Crippen LogP contribution in [0, 0.1) is 0 Å². The zero-order valence-electron chi connectivity index (χ0n) is 9.97. The molecule has 0 heterocycles. The summed E-state index contributed by atoms with van der Waals surface area (Å²) >= 11 is 6.08. The average molecular weight is 280 g/mol. The molecule has 2 N–H and O–H groups in total. The van der Waals surface area contributed by atoms with Crippen molar-refractivity contribution in [1.29, 1.82) is 0 Å². The molecule has 0 bridgehead atoms. The summed E-state index contributed by atoms with van der Waals surface area (Å²) in [6.45, 7) is 1.93. The third-order valence-corrected chi connectivity index (χ3v) is 4.89. The monoisotopic (exact) mass is 279 g/mol. The predicted molar refractivity (Wildman–Crippen MR) is 77.1 cm³/mol. The fraction of sp³-hybridized carbons (Fsp3) is 0.143. The molecule has 0 aliphatic carbocycles. The summed E-state index contributed by atoms with van der Waals surface area (Å²) in [5.41, 5.74) is 7.24. The SMILES string of the molecule is CC(c1ccccc1)S(=O)c1ccc(N)cc1Cl. The van der Waals surface area contributed by atoms with Gasteiger partial charge in [-0.3, -0.25) is 4.21 Å². The molecule has 0 amide bonds. The molecule has 0 spiro atoms. The minimum atomic E-state index is -1.19. The summed E-state index contributed by atoms with van der Waals surface area (Å²) in [5, 5.41) is 0.350. The number of rotatable bonds is 3. The summed E-state index contributed by atoms with van der Waals surface area (Å²) in [4.78, 5) is 0.627. The number of nitrogen functional groups attached to an aromatic ring is 1. The Morgan fingerprint density at radius 3 is 2.44 bits per heavy atom. The molecule has 0 aliphatic heterocycles. The number of anilines is 1. The van der Waals surface area contributed by atoms with Crippen LogP contribution in [0.1, 0.15) is 17.7 Å². The Morgan fingerprint density at radius 1 is 1.17 bits per heavy atom. The lowest BCUT2D eigenvalue weighted by atomic mass is 10.2. The molecule has 2 unspecified atom stereocenters. The smallest absolute Gasteiger partial charge is 0.0617 e. The van der Waals surface area contributed by atoms with E-state index in [4.69, 9.17) is 17.3 Å². The summed E-state index contributed by atoms with van der Waals surface area (Å²) in [7, 11) is -1.19. The first-order valence-electron chi connectivity index (χ1n) is 5.60. The van der Waals surface area contributed by atoms with Gasteiger partial charge in [0.05, 0.1) is 26.0 Å².